The third-order valence-electron chi connectivity index (χ3n) is 6.45. The van der Waals surface area contributed by atoms with Gasteiger partial charge in [0, 0.05) is 70.8 Å². The number of aromatic nitrogens is 6. The SMILES string of the molecule is CC(=O)O.CC(=O)O.Cc1cccc(-c2cccc(C)n2)n1.Cc1cccc(-c2cccc(C)n2)n1.O.O=C(O)c1cccc(C(=O)O)n1.O=C(O)c1cccc(C(=O)O)n1.[Cu].[Cu]. The molecule has 6 aromatic heterocycles. The number of rotatable bonds is 6. The standard InChI is InChI=1S/2C12H12N2.2C7H5NO4.2C2H4O2.2Cu.H2O/c2*1-9-5-3-7-11(13-9)12-8-4-6-10(2)14-12;2*9-6(10)4-2-1-3-5(8-4)7(11)12;2*1-2(3)4;;;/h2*3-8H,1-2H3;2*1-3H,(H,9,10)(H,11,12);2*1H3,(H,3,4);;;1H2. The molecule has 0 spiro atoms. The minimum atomic E-state index is -1.24. The summed E-state index contributed by atoms with van der Waals surface area (Å²) in [4.78, 5) is 83.7. The van der Waals surface area contributed by atoms with Crippen LogP contribution in [0, 0.1) is 27.7 Å². The fourth-order valence-electron chi connectivity index (χ4n) is 4.09. The van der Waals surface area contributed by atoms with Gasteiger partial charge in [0.1, 0.15) is 22.8 Å². The van der Waals surface area contributed by atoms with E-state index in [1.807, 2.05) is 100 Å². The number of aryl methyl sites for hydroxylation is 4. The molecule has 6 heterocycles. The van der Waals surface area contributed by atoms with Crippen LogP contribution in [0.15, 0.2) is 109 Å². The quantitative estimate of drug-likeness (QED) is 0.107. The van der Waals surface area contributed by atoms with Crippen molar-refractivity contribution in [2.45, 2.75) is 41.5 Å². The smallest absolute Gasteiger partial charge is 0.354 e. The van der Waals surface area contributed by atoms with Crippen LogP contribution in [0.25, 0.3) is 22.8 Å². The van der Waals surface area contributed by atoms with Crippen LogP contribution in [0.5, 0.6) is 0 Å². The van der Waals surface area contributed by atoms with Gasteiger partial charge in [0.25, 0.3) is 11.9 Å². The van der Waals surface area contributed by atoms with Gasteiger partial charge >= 0.3 is 23.9 Å². The molecule has 19 nitrogen and oxygen atoms in total. The van der Waals surface area contributed by atoms with E-state index < -0.39 is 35.8 Å². The molecular formula is C42H44Cu2N6O13. The fourth-order valence-corrected chi connectivity index (χ4v) is 4.09. The summed E-state index contributed by atoms with van der Waals surface area (Å²) in [5.41, 5.74) is 6.76. The van der Waals surface area contributed by atoms with Crippen LogP contribution in [0.4, 0.5) is 0 Å². The van der Waals surface area contributed by atoms with Crippen LogP contribution >= 0.6 is 0 Å². The van der Waals surface area contributed by atoms with Gasteiger partial charge in [-0.25, -0.2) is 29.1 Å². The monoisotopic (exact) mass is 966 g/mol. The third kappa shape index (κ3) is 25.8. The molecule has 342 valence electrons. The average Bonchev–Trinajstić information content (AvgIpc) is 3.18. The van der Waals surface area contributed by atoms with Crippen molar-refractivity contribution < 1.29 is 99.0 Å². The first kappa shape index (κ1) is 60.0. The van der Waals surface area contributed by atoms with E-state index in [2.05, 4.69) is 29.9 Å². The molecule has 0 aliphatic carbocycles. The van der Waals surface area contributed by atoms with Gasteiger partial charge in [0.15, 0.2) is 0 Å². The van der Waals surface area contributed by atoms with Crippen molar-refractivity contribution in [1.82, 2.24) is 29.9 Å². The Bertz CT molecular complexity index is 2100. The van der Waals surface area contributed by atoms with Gasteiger partial charge < -0.3 is 36.1 Å². The van der Waals surface area contributed by atoms with Crippen LogP contribution in [-0.2, 0) is 43.7 Å². The Hall–Kier alpha value is -7.28. The van der Waals surface area contributed by atoms with E-state index >= 15 is 0 Å². The van der Waals surface area contributed by atoms with E-state index in [-0.39, 0.29) is 62.4 Å². The topological polar surface area (TPSA) is 333 Å². The maximum Gasteiger partial charge on any atom is 0.354 e. The molecule has 6 aromatic rings. The molecule has 8 N–H and O–H groups in total. The Kier molecular flexibility index (Phi) is 30.1. The summed E-state index contributed by atoms with van der Waals surface area (Å²) in [6.07, 6.45) is 0. The second kappa shape index (κ2) is 31.6. The van der Waals surface area contributed by atoms with Gasteiger partial charge in [-0.15, -0.1) is 0 Å². The Morgan fingerprint density at radius 3 is 0.635 bits per heavy atom. The number of carbonyl (C=O) groups is 6. The molecule has 2 radical (unpaired) electrons. The zero-order chi connectivity index (χ0) is 45.4. The first-order valence-electron chi connectivity index (χ1n) is 17.2. The summed E-state index contributed by atoms with van der Waals surface area (Å²) in [6, 6.07) is 31.5. The predicted molar refractivity (Wildman–Crippen MR) is 220 cm³/mol. The normalized spacial score (nSPS) is 8.86. The molecule has 0 saturated heterocycles. The number of carboxylic acids is 6. The first-order chi connectivity index (χ1) is 28.2. The van der Waals surface area contributed by atoms with E-state index in [4.69, 9.17) is 40.2 Å². The molecule has 21 heteroatoms. The van der Waals surface area contributed by atoms with Crippen molar-refractivity contribution in [3.63, 3.8) is 0 Å². The molecule has 0 amide bonds. The second-order valence-electron chi connectivity index (χ2n) is 11.7. The van der Waals surface area contributed by atoms with Gasteiger partial charge in [-0.05, 0) is 100 Å². The largest absolute Gasteiger partial charge is 0.481 e. The Balaban J connectivity index is -0.000000711. The molecule has 6 rings (SSSR count). The molecule has 0 saturated carbocycles. The van der Waals surface area contributed by atoms with Crippen molar-refractivity contribution in [1.29, 1.82) is 0 Å². The number of hydrogen-bond acceptors (Lipinski definition) is 12. The van der Waals surface area contributed by atoms with Crippen molar-refractivity contribution in [3.8, 4) is 22.8 Å². The molecule has 0 atom stereocenters. The van der Waals surface area contributed by atoms with Crippen molar-refractivity contribution in [2.24, 2.45) is 0 Å². The van der Waals surface area contributed by atoms with E-state index in [0.29, 0.717) is 0 Å². The summed E-state index contributed by atoms with van der Waals surface area (Å²) in [5.74, 6) is -6.62. The molecule has 0 fully saturated rings. The average molecular weight is 968 g/mol. The predicted octanol–water partition coefficient (Wildman–Crippen LogP) is 5.83. The Labute approximate surface area is 382 Å². The van der Waals surface area contributed by atoms with E-state index in [0.717, 1.165) is 59.4 Å². The molecular weight excluding hydrogens is 924 g/mol. The van der Waals surface area contributed by atoms with E-state index in [9.17, 15) is 19.2 Å². The maximum absolute atomic E-state index is 10.3. The molecule has 0 unspecified atom stereocenters. The third-order valence-corrected chi connectivity index (χ3v) is 6.45. The molecule has 0 aromatic carbocycles. The van der Waals surface area contributed by atoms with Crippen LogP contribution < -0.4 is 0 Å². The zero-order valence-corrected chi connectivity index (χ0v) is 36.2. The number of aliphatic carboxylic acids is 2. The molecule has 0 aliphatic heterocycles. The number of pyridine rings is 6. The van der Waals surface area contributed by atoms with Crippen molar-refractivity contribution >= 4 is 35.8 Å². The van der Waals surface area contributed by atoms with Gasteiger partial charge in [-0.2, -0.15) is 0 Å². The van der Waals surface area contributed by atoms with E-state index in [1.165, 1.54) is 36.4 Å². The Morgan fingerprint density at radius 2 is 0.492 bits per heavy atom. The molecule has 0 bridgehead atoms. The molecule has 63 heavy (non-hydrogen) atoms. The van der Waals surface area contributed by atoms with Crippen LogP contribution in [0.3, 0.4) is 0 Å². The van der Waals surface area contributed by atoms with E-state index in [1.54, 1.807) is 0 Å². The van der Waals surface area contributed by atoms with Crippen LogP contribution in [-0.4, -0.2) is 102 Å². The van der Waals surface area contributed by atoms with Gasteiger partial charge in [0.2, 0.25) is 0 Å². The second-order valence-corrected chi connectivity index (χ2v) is 11.7. The summed E-state index contributed by atoms with van der Waals surface area (Å²) in [6.45, 7) is 10.1. The van der Waals surface area contributed by atoms with Gasteiger partial charge in [-0.3, -0.25) is 29.5 Å². The maximum atomic E-state index is 10.3. The summed E-state index contributed by atoms with van der Waals surface area (Å²) in [7, 11) is 0. The summed E-state index contributed by atoms with van der Waals surface area (Å²) in [5, 5.41) is 48.6. The van der Waals surface area contributed by atoms with Crippen LogP contribution in [0.1, 0.15) is 78.6 Å². The number of aromatic carboxylic acids is 4. The van der Waals surface area contributed by atoms with Crippen LogP contribution in [0.2, 0.25) is 0 Å². The summed E-state index contributed by atoms with van der Waals surface area (Å²) < 4.78 is 0. The Morgan fingerprint density at radius 1 is 0.333 bits per heavy atom. The number of nitrogens with zero attached hydrogens (tertiary/aromatic N) is 6. The first-order valence-corrected chi connectivity index (χ1v) is 17.2. The van der Waals surface area contributed by atoms with Crippen molar-refractivity contribution in [3.05, 3.63) is 155 Å². The van der Waals surface area contributed by atoms with Crippen molar-refractivity contribution in [2.75, 3.05) is 0 Å². The summed E-state index contributed by atoms with van der Waals surface area (Å²) >= 11 is 0. The zero-order valence-electron chi connectivity index (χ0n) is 34.3. The fraction of sp³-hybridized carbons (Fsp3) is 0.143. The van der Waals surface area contributed by atoms with Gasteiger partial charge in [0.05, 0.1) is 22.8 Å². The number of carboxylic acid groups (broad SMARTS) is 6. The number of hydrogen-bond donors (Lipinski definition) is 6. The minimum absolute atomic E-state index is 0. The minimum Gasteiger partial charge on any atom is -0.481 e. The van der Waals surface area contributed by atoms with Gasteiger partial charge in [-0.1, -0.05) is 36.4 Å². The molecule has 0 aliphatic rings.